The van der Waals surface area contributed by atoms with Gasteiger partial charge in [-0.15, -0.1) is 0 Å². The molecular weight excluding hydrogens is 535 g/mol. The number of aromatic nitrogens is 3. The predicted molar refractivity (Wildman–Crippen MR) is 155 cm³/mol. The van der Waals surface area contributed by atoms with Crippen LogP contribution in [-0.4, -0.2) is 89.6 Å². The monoisotopic (exact) mass is 572 g/mol. The Morgan fingerprint density at radius 2 is 1.98 bits per heavy atom. The van der Waals surface area contributed by atoms with Crippen LogP contribution in [0.5, 0.6) is 0 Å². The molecule has 3 aromatic rings. The number of piperidine rings is 1. The molecule has 2 fully saturated rings. The zero-order chi connectivity index (χ0) is 28.8. The molecule has 40 heavy (non-hydrogen) atoms. The van der Waals surface area contributed by atoms with Crippen LogP contribution >= 0.6 is 0 Å². The Labute approximate surface area is 234 Å². The van der Waals surface area contributed by atoms with Gasteiger partial charge in [-0.3, -0.25) is 0 Å². The van der Waals surface area contributed by atoms with Gasteiger partial charge in [0.1, 0.15) is 27.6 Å². The molecule has 1 unspecified atom stereocenters. The fraction of sp³-hybridized carbons (Fsp3) is 0.536. The van der Waals surface area contributed by atoms with Crippen LogP contribution in [0.3, 0.4) is 0 Å². The van der Waals surface area contributed by atoms with Gasteiger partial charge in [-0.05, 0) is 49.4 Å². The first-order chi connectivity index (χ1) is 18.9. The molecule has 0 amide bonds. The molecule has 216 valence electrons. The first-order valence-electron chi connectivity index (χ1n) is 13.6. The summed E-state index contributed by atoms with van der Waals surface area (Å²) in [6.45, 7) is 6.59. The second kappa shape index (κ2) is 10.7. The van der Waals surface area contributed by atoms with Crippen molar-refractivity contribution in [2.45, 2.75) is 50.9 Å². The van der Waals surface area contributed by atoms with Crippen LogP contribution < -0.4 is 15.1 Å². The van der Waals surface area contributed by atoms with Crippen molar-refractivity contribution in [3.63, 3.8) is 0 Å². The number of alkyl halides is 1. The zero-order valence-electron chi connectivity index (χ0n) is 23.2. The number of hydrogen-bond donors (Lipinski definition) is 3. The Bertz CT molecular complexity index is 1500. The Balaban J connectivity index is 1.42. The van der Waals surface area contributed by atoms with Crippen LogP contribution in [0.4, 0.5) is 27.7 Å². The van der Waals surface area contributed by atoms with Crippen molar-refractivity contribution < 1.29 is 23.0 Å². The fourth-order valence-electron chi connectivity index (χ4n) is 5.56. The largest absolute Gasteiger partial charge is 0.396 e. The third-order valence-electron chi connectivity index (χ3n) is 8.27. The summed E-state index contributed by atoms with van der Waals surface area (Å²) in [5.41, 5.74) is 0.600. The maximum atomic E-state index is 14.4. The second-order valence-corrected chi connectivity index (χ2v) is 13.7. The quantitative estimate of drug-likeness (QED) is 0.370. The van der Waals surface area contributed by atoms with Crippen LogP contribution in [-0.2, 0) is 9.84 Å². The molecule has 2 aliphatic rings. The van der Waals surface area contributed by atoms with Gasteiger partial charge in [0.15, 0.2) is 0 Å². The lowest BCUT2D eigenvalue weighted by Gasteiger charge is -2.48. The van der Waals surface area contributed by atoms with Crippen LogP contribution in [0.25, 0.3) is 10.8 Å². The van der Waals surface area contributed by atoms with Crippen LogP contribution in [0.15, 0.2) is 36.7 Å². The van der Waals surface area contributed by atoms with Crippen LogP contribution in [0.1, 0.15) is 38.7 Å². The van der Waals surface area contributed by atoms with Gasteiger partial charge < -0.3 is 25.3 Å². The third-order valence-corrected chi connectivity index (χ3v) is 9.31. The van der Waals surface area contributed by atoms with Crippen LogP contribution in [0, 0.1) is 5.92 Å². The standard InChI is InChI=1S/C28H37FN6O4S/c1-17(15-36)20-5-6-23(35-13-19(18(35)2)16-40(4,38)39)22-12-31-26(11-21(20)22)32-25-7-9-30-27(33-25)34-10-8-28(3,37)24(29)14-34/h5-7,9,11-12,17-19,24,36-37H,8,10,13-16H2,1-4H3,(H,30,31,32,33)/t17?,18-,19-,24+,28-/m1/s1. The second-order valence-electron chi connectivity index (χ2n) is 11.5. The molecule has 0 spiro atoms. The first kappa shape index (κ1) is 28.4. The number of hydrogen-bond acceptors (Lipinski definition) is 10. The molecule has 0 saturated carbocycles. The van der Waals surface area contributed by atoms with E-state index in [1.165, 1.54) is 13.2 Å². The van der Waals surface area contributed by atoms with E-state index in [4.69, 9.17) is 0 Å². The minimum Gasteiger partial charge on any atom is -0.396 e. The molecule has 10 nitrogen and oxygen atoms in total. The van der Waals surface area contributed by atoms with Gasteiger partial charge in [0.2, 0.25) is 5.95 Å². The van der Waals surface area contributed by atoms with Crippen molar-refractivity contribution in [3.05, 3.63) is 42.2 Å². The normalized spacial score (nSPS) is 26.0. The molecule has 5 rings (SSSR count). The van der Waals surface area contributed by atoms with Gasteiger partial charge in [0, 0.05) is 67.3 Å². The molecular formula is C28H37FN6O4S. The fourth-order valence-corrected chi connectivity index (χ4v) is 6.72. The topological polar surface area (TPSA) is 132 Å². The zero-order valence-corrected chi connectivity index (χ0v) is 24.1. The Hall–Kier alpha value is -3.09. The number of anilines is 4. The van der Waals surface area contributed by atoms with Gasteiger partial charge in [-0.1, -0.05) is 13.0 Å². The highest BCUT2D eigenvalue weighted by Crippen LogP contribution is 2.39. The van der Waals surface area contributed by atoms with E-state index in [-0.39, 0.29) is 43.2 Å². The van der Waals surface area contributed by atoms with E-state index in [1.807, 2.05) is 32.0 Å². The molecule has 1 aromatic carbocycles. The number of rotatable bonds is 8. The molecule has 2 aromatic heterocycles. The van der Waals surface area contributed by atoms with Crippen molar-refractivity contribution in [2.24, 2.45) is 5.92 Å². The van der Waals surface area contributed by atoms with Crippen molar-refractivity contribution in [1.82, 2.24) is 15.0 Å². The van der Waals surface area contributed by atoms with E-state index < -0.39 is 21.6 Å². The molecule has 0 radical (unpaired) electrons. The third kappa shape index (κ3) is 5.70. The number of benzene rings is 1. The minimum atomic E-state index is -3.06. The maximum absolute atomic E-state index is 14.4. The summed E-state index contributed by atoms with van der Waals surface area (Å²) in [5, 5.41) is 25.2. The molecule has 12 heteroatoms. The summed E-state index contributed by atoms with van der Waals surface area (Å²) in [6, 6.07) is 7.74. The number of aliphatic hydroxyl groups is 2. The molecule has 0 aliphatic carbocycles. The van der Waals surface area contributed by atoms with Gasteiger partial charge in [-0.2, -0.15) is 4.98 Å². The number of nitrogens with zero attached hydrogens (tertiary/aromatic N) is 5. The maximum Gasteiger partial charge on any atom is 0.227 e. The lowest BCUT2D eigenvalue weighted by Crippen LogP contribution is -2.57. The Kier molecular flexibility index (Phi) is 7.62. The molecule has 0 bridgehead atoms. The van der Waals surface area contributed by atoms with Crippen molar-refractivity contribution in [3.8, 4) is 0 Å². The van der Waals surface area contributed by atoms with E-state index in [2.05, 4.69) is 25.2 Å². The number of halogens is 1. The summed E-state index contributed by atoms with van der Waals surface area (Å²) >= 11 is 0. The van der Waals surface area contributed by atoms with E-state index >= 15 is 0 Å². The minimum absolute atomic E-state index is 0.00975. The summed E-state index contributed by atoms with van der Waals surface area (Å²) < 4.78 is 38.1. The van der Waals surface area contributed by atoms with Crippen molar-refractivity contribution in [2.75, 3.05) is 53.4 Å². The molecule has 2 saturated heterocycles. The summed E-state index contributed by atoms with van der Waals surface area (Å²) in [5.74, 6) is 1.55. The van der Waals surface area contributed by atoms with E-state index in [1.54, 1.807) is 23.4 Å². The average Bonchev–Trinajstić information content (AvgIpc) is 2.91. The van der Waals surface area contributed by atoms with E-state index in [0.29, 0.717) is 30.7 Å². The highest BCUT2D eigenvalue weighted by atomic mass is 32.2. The molecule has 4 heterocycles. The summed E-state index contributed by atoms with van der Waals surface area (Å²) in [7, 11) is -3.06. The highest BCUT2D eigenvalue weighted by Gasteiger charge is 2.39. The number of pyridine rings is 1. The molecule has 2 aliphatic heterocycles. The van der Waals surface area contributed by atoms with Gasteiger partial charge in [0.05, 0.1) is 17.9 Å². The molecule has 5 atom stereocenters. The Morgan fingerprint density at radius 1 is 1.20 bits per heavy atom. The van der Waals surface area contributed by atoms with Gasteiger partial charge in [-0.25, -0.2) is 22.8 Å². The highest BCUT2D eigenvalue weighted by molar-refractivity contribution is 7.90. The molecule has 3 N–H and O–H groups in total. The number of fused-ring (bicyclic) bond motifs is 1. The number of sulfone groups is 1. The lowest BCUT2D eigenvalue weighted by atomic mass is 9.88. The number of aliphatic hydroxyl groups excluding tert-OH is 1. The SMILES string of the molecule is CC(CO)c1ccc(N2C[C@H](CS(C)(=O)=O)[C@H]2C)c2cnc(Nc3ccnc(N4CC[C@@](C)(O)[C@@H](F)C4)n3)cc12. The Morgan fingerprint density at radius 3 is 2.65 bits per heavy atom. The van der Waals surface area contributed by atoms with E-state index in [0.717, 1.165) is 22.0 Å². The smallest absolute Gasteiger partial charge is 0.227 e. The van der Waals surface area contributed by atoms with Gasteiger partial charge in [0.25, 0.3) is 0 Å². The summed E-state index contributed by atoms with van der Waals surface area (Å²) in [6.07, 6.45) is 3.54. The predicted octanol–water partition coefficient (Wildman–Crippen LogP) is 3.03. The lowest BCUT2D eigenvalue weighted by molar-refractivity contribution is -0.0332. The van der Waals surface area contributed by atoms with E-state index in [9.17, 15) is 23.0 Å². The van der Waals surface area contributed by atoms with Crippen molar-refractivity contribution >= 4 is 43.9 Å². The number of nitrogens with one attached hydrogen (secondary N) is 1. The first-order valence-corrected chi connectivity index (χ1v) is 15.6. The van der Waals surface area contributed by atoms with Gasteiger partial charge >= 0.3 is 0 Å². The summed E-state index contributed by atoms with van der Waals surface area (Å²) in [4.78, 5) is 17.4. The van der Waals surface area contributed by atoms with Crippen LogP contribution in [0.2, 0.25) is 0 Å². The average molecular weight is 573 g/mol. The van der Waals surface area contributed by atoms with Crippen molar-refractivity contribution in [1.29, 1.82) is 0 Å².